The fourth-order valence-electron chi connectivity index (χ4n) is 8.48. The predicted octanol–water partition coefficient (Wildman–Crippen LogP) is 12.6. The largest absolute Gasteiger partial charge is 0.0616 e. The first-order valence-electron chi connectivity index (χ1n) is 15.4. The Bertz CT molecular complexity index is 2810. The summed E-state index contributed by atoms with van der Waals surface area (Å²) in [6, 6.07) is 53.7. The van der Waals surface area contributed by atoms with Crippen molar-refractivity contribution in [3.63, 3.8) is 0 Å². The minimum Gasteiger partial charge on any atom is -0.0616 e. The Hall–Kier alpha value is -5.72. The van der Waals surface area contributed by atoms with Crippen molar-refractivity contribution < 1.29 is 0 Å². The second-order valence-electron chi connectivity index (χ2n) is 12.4. The van der Waals surface area contributed by atoms with Gasteiger partial charge >= 0.3 is 0 Å². The zero-order valence-electron chi connectivity index (χ0n) is 23.9. The zero-order chi connectivity index (χ0) is 28.5. The number of hydrogen-bond donors (Lipinski definition) is 0. The molecule has 0 saturated carbocycles. The zero-order valence-corrected chi connectivity index (χ0v) is 23.9. The van der Waals surface area contributed by atoms with Gasteiger partial charge in [0.05, 0.1) is 0 Å². The summed E-state index contributed by atoms with van der Waals surface area (Å²) in [7, 11) is 0. The van der Waals surface area contributed by atoms with Crippen LogP contribution in [0.5, 0.6) is 0 Å². The highest BCUT2D eigenvalue weighted by Gasteiger charge is 2.24. The van der Waals surface area contributed by atoms with Crippen molar-refractivity contribution in [3.8, 4) is 22.3 Å². The first-order chi connectivity index (χ1) is 21.8. The van der Waals surface area contributed by atoms with Crippen molar-refractivity contribution in [3.05, 3.63) is 146 Å². The summed E-state index contributed by atoms with van der Waals surface area (Å²) >= 11 is 0. The van der Waals surface area contributed by atoms with E-state index in [2.05, 4.69) is 146 Å². The minimum atomic E-state index is 1.34. The summed E-state index contributed by atoms with van der Waals surface area (Å²) < 4.78 is 0. The van der Waals surface area contributed by atoms with Gasteiger partial charge in [-0.15, -0.1) is 0 Å². The van der Waals surface area contributed by atoms with Crippen molar-refractivity contribution in [2.45, 2.75) is 0 Å². The van der Waals surface area contributed by atoms with Crippen molar-refractivity contribution >= 4 is 86.2 Å². The molecule has 11 aromatic rings. The molecular weight excluding hydrogens is 528 g/mol. The van der Waals surface area contributed by atoms with E-state index in [-0.39, 0.29) is 0 Å². The van der Waals surface area contributed by atoms with Crippen LogP contribution in [0, 0.1) is 0 Å². The molecule has 0 radical (unpaired) electrons. The van der Waals surface area contributed by atoms with Gasteiger partial charge in [0.25, 0.3) is 0 Å². The van der Waals surface area contributed by atoms with Gasteiger partial charge in [-0.25, -0.2) is 0 Å². The van der Waals surface area contributed by atoms with Gasteiger partial charge in [-0.05, 0) is 114 Å². The molecule has 0 nitrogen and oxygen atoms in total. The Morgan fingerprint density at radius 1 is 0.205 bits per heavy atom. The van der Waals surface area contributed by atoms with Crippen LogP contribution in [0.4, 0.5) is 0 Å². The molecule has 0 atom stereocenters. The van der Waals surface area contributed by atoms with E-state index in [0.29, 0.717) is 0 Å². The Balaban J connectivity index is 0.000000110. The van der Waals surface area contributed by atoms with Crippen molar-refractivity contribution in [2.24, 2.45) is 0 Å². The van der Waals surface area contributed by atoms with Crippen LogP contribution in [0.15, 0.2) is 146 Å². The van der Waals surface area contributed by atoms with Crippen LogP contribution in [0.3, 0.4) is 0 Å². The Morgan fingerprint density at radius 2 is 0.614 bits per heavy atom. The summed E-state index contributed by atoms with van der Waals surface area (Å²) in [6.45, 7) is 0. The van der Waals surface area contributed by atoms with Gasteiger partial charge < -0.3 is 0 Å². The third-order valence-electron chi connectivity index (χ3n) is 10.3. The quantitative estimate of drug-likeness (QED) is 0.130. The summed E-state index contributed by atoms with van der Waals surface area (Å²) in [4.78, 5) is 0. The highest BCUT2D eigenvalue weighted by Crippen LogP contribution is 2.51. The summed E-state index contributed by atoms with van der Waals surface area (Å²) in [5.74, 6) is 0. The Morgan fingerprint density at radius 3 is 1.18 bits per heavy atom. The molecule has 44 heavy (non-hydrogen) atoms. The molecule has 0 fully saturated rings. The molecule has 0 N–H and O–H groups in total. The van der Waals surface area contributed by atoms with Gasteiger partial charge in [0.15, 0.2) is 0 Å². The van der Waals surface area contributed by atoms with Gasteiger partial charge in [-0.3, -0.25) is 0 Å². The molecule has 0 aliphatic heterocycles. The number of benzene rings is 11. The lowest BCUT2D eigenvalue weighted by Crippen LogP contribution is -1.89. The first-order valence-corrected chi connectivity index (χ1v) is 15.4. The van der Waals surface area contributed by atoms with Gasteiger partial charge in [0.2, 0.25) is 0 Å². The van der Waals surface area contributed by atoms with E-state index in [9.17, 15) is 0 Å². The lowest BCUT2D eigenvalue weighted by Gasteiger charge is -2.17. The van der Waals surface area contributed by atoms with E-state index in [4.69, 9.17) is 0 Å². The number of hydrogen-bond acceptors (Lipinski definition) is 0. The van der Waals surface area contributed by atoms with E-state index in [1.165, 1.54) is 108 Å². The van der Waals surface area contributed by atoms with Crippen LogP contribution in [0.1, 0.15) is 0 Å². The smallest absolute Gasteiger partial charge is 0.00137 e. The maximum absolute atomic E-state index is 2.37. The molecule has 0 heteroatoms. The molecule has 1 aliphatic rings. The average molecular weight is 553 g/mol. The number of fused-ring (bicyclic) bond motifs is 4. The lowest BCUT2D eigenvalue weighted by molar-refractivity contribution is 1.70. The van der Waals surface area contributed by atoms with Crippen LogP contribution in [-0.2, 0) is 0 Å². The van der Waals surface area contributed by atoms with E-state index in [1.54, 1.807) is 0 Å². The lowest BCUT2D eigenvalue weighted by atomic mass is 9.86. The summed E-state index contributed by atoms with van der Waals surface area (Å²) in [5, 5.41) is 22.1. The average Bonchev–Trinajstić information content (AvgIpc) is 3.41. The van der Waals surface area contributed by atoms with Crippen molar-refractivity contribution in [1.29, 1.82) is 0 Å². The Labute approximate surface area is 253 Å². The highest BCUT2D eigenvalue weighted by atomic mass is 14.3. The van der Waals surface area contributed by atoms with Gasteiger partial charge in [-0.1, -0.05) is 140 Å². The van der Waals surface area contributed by atoms with E-state index in [1.807, 2.05) is 0 Å². The topological polar surface area (TPSA) is 0 Å². The third-order valence-corrected chi connectivity index (χ3v) is 10.3. The van der Waals surface area contributed by atoms with Crippen LogP contribution < -0.4 is 0 Å². The second-order valence-corrected chi connectivity index (χ2v) is 12.4. The third kappa shape index (κ3) is 2.74. The maximum atomic E-state index is 2.37. The summed E-state index contributed by atoms with van der Waals surface area (Å²) in [5.41, 5.74) is 5.52. The van der Waals surface area contributed by atoms with Gasteiger partial charge in [0, 0.05) is 0 Å². The molecule has 0 saturated heterocycles. The monoisotopic (exact) mass is 552 g/mol. The van der Waals surface area contributed by atoms with Gasteiger partial charge in [0.1, 0.15) is 0 Å². The highest BCUT2D eigenvalue weighted by molar-refractivity contribution is 6.39. The molecule has 0 heterocycles. The fourth-order valence-corrected chi connectivity index (χ4v) is 8.48. The Kier molecular flexibility index (Phi) is 4.15. The molecule has 11 aromatic carbocycles. The molecule has 0 unspecified atom stereocenters. The molecule has 0 aromatic heterocycles. The molecule has 1 aliphatic carbocycles. The van der Waals surface area contributed by atoms with E-state index >= 15 is 0 Å². The first kappa shape index (κ1) is 22.8. The minimum absolute atomic E-state index is 1.34. The standard InChI is InChI=1S/2C22H12/c1-3-13-7-9-15-11-12-16-10-8-14-4-2-6-18-17(5-1)19(13)21(15)22(16)20(14)18;1-2-7-17-16(6-1)18-11-10-14-9-8-13-4-3-5-15-12-19(17)22(18)21(14)20(13)15/h2*1-12H. The van der Waals surface area contributed by atoms with Crippen LogP contribution in [0.2, 0.25) is 0 Å². The van der Waals surface area contributed by atoms with E-state index < -0.39 is 0 Å². The van der Waals surface area contributed by atoms with Crippen molar-refractivity contribution in [2.75, 3.05) is 0 Å². The van der Waals surface area contributed by atoms with Gasteiger partial charge in [-0.2, -0.15) is 0 Å². The van der Waals surface area contributed by atoms with Crippen LogP contribution >= 0.6 is 0 Å². The molecule has 12 rings (SSSR count). The van der Waals surface area contributed by atoms with Crippen LogP contribution in [0.25, 0.3) is 108 Å². The van der Waals surface area contributed by atoms with E-state index in [0.717, 1.165) is 0 Å². The molecule has 0 bridgehead atoms. The molecule has 0 spiro atoms. The molecule has 200 valence electrons. The maximum Gasteiger partial charge on any atom is -0.00137 e. The fraction of sp³-hybridized carbons (Fsp3) is 0. The van der Waals surface area contributed by atoms with Crippen molar-refractivity contribution in [1.82, 2.24) is 0 Å². The molecular formula is C44H24. The number of rotatable bonds is 0. The summed E-state index contributed by atoms with van der Waals surface area (Å²) in [6.07, 6.45) is 0. The second kappa shape index (κ2) is 8.01. The molecule has 0 amide bonds. The normalized spacial score (nSPS) is 12.5. The SMILES string of the molecule is c1cc2ccc3ccc4ccc5cccc6c(c1)c2c3c4c56.c1ccc2c(c1)-c1ccc3ccc4cccc5cc-2c1c3c45. The van der Waals surface area contributed by atoms with Crippen LogP contribution in [-0.4, -0.2) is 0 Å². The predicted molar refractivity (Wildman–Crippen MR) is 191 cm³/mol.